The van der Waals surface area contributed by atoms with E-state index in [1.807, 2.05) is 13.8 Å². The molecule has 12 heavy (non-hydrogen) atoms. The van der Waals surface area contributed by atoms with Crippen LogP contribution in [0, 0.1) is 12.3 Å². The molecule has 0 atom stereocenters. The van der Waals surface area contributed by atoms with Crippen molar-refractivity contribution in [3.8, 4) is 12.3 Å². The average Bonchev–Trinajstić information content (AvgIpc) is 2.01. The highest BCUT2D eigenvalue weighted by molar-refractivity contribution is 5.80. The number of ketones is 1. The average molecular weight is 167 g/mol. The maximum Gasteiger partial charge on any atom is 0.146 e. The summed E-state index contributed by atoms with van der Waals surface area (Å²) in [6.45, 7) is 4.52. The van der Waals surface area contributed by atoms with E-state index in [0.29, 0.717) is 25.4 Å². The van der Waals surface area contributed by atoms with Crippen LogP contribution in [0.2, 0.25) is 0 Å². The standard InChI is InChI=1S/C10H17NO/c1-4-5-6-7-10(12)8-11-9(2)3/h1,9,11H,5-8H2,2-3H3. The summed E-state index contributed by atoms with van der Waals surface area (Å²) in [5.74, 6) is 2.76. The van der Waals surface area contributed by atoms with Crippen molar-refractivity contribution in [3.63, 3.8) is 0 Å². The molecule has 0 amide bonds. The molecule has 0 saturated carbocycles. The van der Waals surface area contributed by atoms with Crippen molar-refractivity contribution in [2.24, 2.45) is 0 Å². The van der Waals surface area contributed by atoms with Crippen LogP contribution in [-0.4, -0.2) is 18.4 Å². The Morgan fingerprint density at radius 3 is 2.75 bits per heavy atom. The van der Waals surface area contributed by atoms with Gasteiger partial charge in [0.05, 0.1) is 6.54 Å². The predicted octanol–water partition coefficient (Wildman–Crippen LogP) is 1.36. The first kappa shape index (κ1) is 11.2. The van der Waals surface area contributed by atoms with Gasteiger partial charge >= 0.3 is 0 Å². The lowest BCUT2D eigenvalue weighted by Crippen LogP contribution is -2.28. The van der Waals surface area contributed by atoms with E-state index in [0.717, 1.165) is 6.42 Å². The molecule has 68 valence electrons. The van der Waals surface area contributed by atoms with Crippen LogP contribution in [-0.2, 0) is 4.79 Å². The zero-order valence-corrected chi connectivity index (χ0v) is 7.89. The number of carbonyl (C=O) groups excluding carboxylic acids is 1. The fraction of sp³-hybridized carbons (Fsp3) is 0.700. The fourth-order valence-electron chi connectivity index (χ4n) is 0.794. The fourth-order valence-corrected chi connectivity index (χ4v) is 0.794. The molecular weight excluding hydrogens is 150 g/mol. The summed E-state index contributed by atoms with van der Waals surface area (Å²) in [4.78, 5) is 11.1. The van der Waals surface area contributed by atoms with E-state index >= 15 is 0 Å². The maximum atomic E-state index is 11.1. The highest BCUT2D eigenvalue weighted by atomic mass is 16.1. The van der Waals surface area contributed by atoms with Gasteiger partial charge in [-0.1, -0.05) is 13.8 Å². The van der Waals surface area contributed by atoms with Crippen molar-refractivity contribution in [1.29, 1.82) is 0 Å². The Morgan fingerprint density at radius 2 is 2.25 bits per heavy atom. The van der Waals surface area contributed by atoms with E-state index < -0.39 is 0 Å². The topological polar surface area (TPSA) is 29.1 Å². The molecule has 0 heterocycles. The number of unbranched alkanes of at least 4 members (excludes halogenated alkanes) is 1. The summed E-state index contributed by atoms with van der Waals surface area (Å²) in [6.07, 6.45) is 7.18. The van der Waals surface area contributed by atoms with Crippen molar-refractivity contribution in [3.05, 3.63) is 0 Å². The van der Waals surface area contributed by atoms with Crippen molar-refractivity contribution in [2.75, 3.05) is 6.54 Å². The Kier molecular flexibility index (Phi) is 6.41. The number of carbonyl (C=O) groups is 1. The zero-order valence-electron chi connectivity index (χ0n) is 7.89. The van der Waals surface area contributed by atoms with E-state index in [9.17, 15) is 4.79 Å². The van der Waals surface area contributed by atoms with E-state index in [1.165, 1.54) is 0 Å². The lowest BCUT2D eigenvalue weighted by atomic mass is 10.2. The molecule has 0 aromatic heterocycles. The molecule has 0 spiro atoms. The molecule has 0 aromatic carbocycles. The molecule has 1 N–H and O–H groups in total. The van der Waals surface area contributed by atoms with Gasteiger partial charge in [-0.25, -0.2) is 0 Å². The third kappa shape index (κ3) is 7.30. The Hall–Kier alpha value is -0.810. The van der Waals surface area contributed by atoms with Gasteiger partial charge in [-0.05, 0) is 6.42 Å². The van der Waals surface area contributed by atoms with E-state index in [1.54, 1.807) is 0 Å². The molecule has 0 aromatic rings. The molecule has 0 unspecified atom stereocenters. The molecule has 0 rings (SSSR count). The molecule has 2 heteroatoms. The van der Waals surface area contributed by atoms with Gasteiger partial charge in [-0.15, -0.1) is 12.3 Å². The Morgan fingerprint density at radius 1 is 1.58 bits per heavy atom. The highest BCUT2D eigenvalue weighted by Crippen LogP contribution is 1.94. The summed E-state index contributed by atoms with van der Waals surface area (Å²) in [5.41, 5.74) is 0. The van der Waals surface area contributed by atoms with Gasteiger partial charge in [0.2, 0.25) is 0 Å². The summed E-state index contributed by atoms with van der Waals surface area (Å²) >= 11 is 0. The minimum absolute atomic E-state index is 0.249. The first-order valence-electron chi connectivity index (χ1n) is 4.35. The number of rotatable bonds is 6. The second-order valence-corrected chi connectivity index (χ2v) is 3.13. The molecule has 0 bridgehead atoms. The van der Waals surface area contributed by atoms with Gasteiger partial charge < -0.3 is 5.32 Å². The molecule has 0 radical (unpaired) electrons. The summed E-state index contributed by atoms with van der Waals surface area (Å²) in [5, 5.41) is 3.07. The van der Waals surface area contributed by atoms with E-state index in [-0.39, 0.29) is 5.78 Å². The number of hydrogen-bond acceptors (Lipinski definition) is 2. The zero-order chi connectivity index (χ0) is 9.40. The van der Waals surface area contributed by atoms with Crippen LogP contribution in [0.25, 0.3) is 0 Å². The third-order valence-electron chi connectivity index (χ3n) is 1.48. The maximum absolute atomic E-state index is 11.1. The van der Waals surface area contributed by atoms with Gasteiger partial charge in [-0.2, -0.15) is 0 Å². The van der Waals surface area contributed by atoms with Gasteiger partial charge in [0.25, 0.3) is 0 Å². The van der Waals surface area contributed by atoms with E-state index in [4.69, 9.17) is 6.42 Å². The predicted molar refractivity (Wildman–Crippen MR) is 50.8 cm³/mol. The molecule has 0 fully saturated rings. The Labute approximate surface area is 74.7 Å². The van der Waals surface area contributed by atoms with Crippen LogP contribution in [0.3, 0.4) is 0 Å². The molecular formula is C10H17NO. The Bertz CT molecular complexity index is 167. The van der Waals surface area contributed by atoms with Crippen LogP contribution in [0.1, 0.15) is 33.1 Å². The van der Waals surface area contributed by atoms with Crippen LogP contribution < -0.4 is 5.32 Å². The van der Waals surface area contributed by atoms with Crippen LogP contribution >= 0.6 is 0 Å². The van der Waals surface area contributed by atoms with Gasteiger partial charge in [0.15, 0.2) is 0 Å². The quantitative estimate of drug-likeness (QED) is 0.478. The monoisotopic (exact) mass is 167 g/mol. The van der Waals surface area contributed by atoms with E-state index in [2.05, 4.69) is 11.2 Å². The minimum Gasteiger partial charge on any atom is -0.308 e. The highest BCUT2D eigenvalue weighted by Gasteiger charge is 2.01. The second-order valence-electron chi connectivity index (χ2n) is 3.13. The smallest absolute Gasteiger partial charge is 0.146 e. The largest absolute Gasteiger partial charge is 0.308 e. The van der Waals surface area contributed by atoms with Gasteiger partial charge in [0.1, 0.15) is 5.78 Å². The van der Waals surface area contributed by atoms with Crippen LogP contribution in [0.15, 0.2) is 0 Å². The number of hydrogen-bond donors (Lipinski definition) is 1. The third-order valence-corrected chi connectivity index (χ3v) is 1.48. The minimum atomic E-state index is 0.249. The first-order chi connectivity index (χ1) is 5.66. The summed E-state index contributed by atoms with van der Waals surface area (Å²) < 4.78 is 0. The molecule has 2 nitrogen and oxygen atoms in total. The molecule has 0 aliphatic carbocycles. The SMILES string of the molecule is C#CCCCC(=O)CNC(C)C. The number of terminal acetylenes is 1. The summed E-state index contributed by atoms with van der Waals surface area (Å²) in [6, 6.07) is 0.376. The number of Topliss-reactive ketones (excluding diaryl/α,β-unsaturated/α-hetero) is 1. The lowest BCUT2D eigenvalue weighted by molar-refractivity contribution is -0.118. The van der Waals surface area contributed by atoms with Crippen LogP contribution in [0.5, 0.6) is 0 Å². The van der Waals surface area contributed by atoms with Crippen molar-refractivity contribution < 1.29 is 4.79 Å². The van der Waals surface area contributed by atoms with Crippen molar-refractivity contribution in [1.82, 2.24) is 5.32 Å². The van der Waals surface area contributed by atoms with Crippen molar-refractivity contribution in [2.45, 2.75) is 39.2 Å². The lowest BCUT2D eigenvalue weighted by Gasteiger charge is -2.05. The number of nitrogens with one attached hydrogen (secondary N) is 1. The van der Waals surface area contributed by atoms with Gasteiger partial charge in [0, 0.05) is 18.9 Å². The van der Waals surface area contributed by atoms with Gasteiger partial charge in [-0.3, -0.25) is 4.79 Å². The molecule has 0 aliphatic heterocycles. The first-order valence-corrected chi connectivity index (χ1v) is 4.35. The molecule has 0 saturated heterocycles. The van der Waals surface area contributed by atoms with Crippen molar-refractivity contribution >= 4 is 5.78 Å². The second kappa shape index (κ2) is 6.87. The molecule has 0 aliphatic rings. The van der Waals surface area contributed by atoms with Crippen LogP contribution in [0.4, 0.5) is 0 Å². The normalized spacial score (nSPS) is 9.83. The summed E-state index contributed by atoms with van der Waals surface area (Å²) in [7, 11) is 0. The Balaban J connectivity index is 3.29.